The third-order valence-corrected chi connectivity index (χ3v) is 9.86. The van der Waals surface area contributed by atoms with Gasteiger partial charge in [-0.1, -0.05) is 20.8 Å². The summed E-state index contributed by atoms with van der Waals surface area (Å²) in [6, 6.07) is 0. The number of aliphatic hydroxyl groups excluding tert-OH is 2. The van der Waals surface area contributed by atoms with Crippen LogP contribution in [0.5, 0.6) is 0 Å². The molecule has 3 aliphatic rings. The SMILES string of the molecule is C.C=P(C)(C)CC[C@H]1C[C@@H](C)C(O)[C@@H]1O.[B][C@@H]1C[C@H](CCP(=C)(C)C)[C@H]2OC(C)(C)OC12. The monoisotopic (exact) mass is 488 g/mol. The van der Waals surface area contributed by atoms with Crippen molar-refractivity contribution in [3.8, 4) is 0 Å². The molecule has 32 heavy (non-hydrogen) atoms. The first-order valence-electron chi connectivity index (χ1n) is 11.8. The average molecular weight is 488 g/mol. The molecule has 3 rings (SSSR count). The zero-order valence-electron chi connectivity index (χ0n) is 21.0. The molecule has 2 unspecified atom stereocenters. The molecule has 1 heterocycles. The molecule has 2 saturated carbocycles. The molecule has 0 aromatic carbocycles. The lowest BCUT2D eigenvalue weighted by atomic mass is 9.83. The van der Waals surface area contributed by atoms with Gasteiger partial charge in [-0.15, -0.1) is 26.4 Å². The number of hydrogen-bond donors (Lipinski definition) is 2. The normalized spacial score (nSPS) is 38.5. The first-order valence-corrected chi connectivity index (χ1v) is 17.9. The van der Waals surface area contributed by atoms with E-state index < -0.39 is 31.8 Å². The molecule has 2 N–H and O–H groups in total. The summed E-state index contributed by atoms with van der Waals surface area (Å²) in [5.74, 6) is 0.777. The molecule has 0 aromatic heterocycles. The van der Waals surface area contributed by atoms with Crippen molar-refractivity contribution in [2.24, 2.45) is 17.8 Å². The number of ether oxygens (including phenoxy) is 2. The zero-order chi connectivity index (χ0) is 23.8. The Morgan fingerprint density at radius 3 is 1.78 bits per heavy atom. The van der Waals surface area contributed by atoms with Crippen LogP contribution in [0, 0.1) is 17.8 Å². The van der Waals surface area contributed by atoms with Gasteiger partial charge in [-0.05, 0) is 95.7 Å². The van der Waals surface area contributed by atoms with Gasteiger partial charge in [0.2, 0.25) is 0 Å². The van der Waals surface area contributed by atoms with Crippen LogP contribution < -0.4 is 0 Å². The van der Waals surface area contributed by atoms with E-state index in [9.17, 15) is 10.2 Å². The van der Waals surface area contributed by atoms with Gasteiger partial charge in [0.15, 0.2) is 5.79 Å². The second-order valence-corrected chi connectivity index (χ2v) is 20.7. The number of rotatable bonds is 6. The van der Waals surface area contributed by atoms with E-state index in [-0.39, 0.29) is 31.4 Å². The van der Waals surface area contributed by atoms with Crippen LogP contribution >= 0.6 is 13.8 Å². The molecule has 4 nitrogen and oxygen atoms in total. The predicted molar refractivity (Wildman–Crippen MR) is 148 cm³/mol. The summed E-state index contributed by atoms with van der Waals surface area (Å²) in [6.45, 7) is 13.1. The van der Waals surface area contributed by atoms with Gasteiger partial charge < -0.3 is 19.7 Å². The Labute approximate surface area is 200 Å². The van der Waals surface area contributed by atoms with E-state index in [2.05, 4.69) is 39.3 Å². The standard InChI is InChI=1S/C13H24BO2P.C11H23O2P.CH4/c1-13(2)15-11-9(6-7-17(3,4)5)8-10(14)12(11)16-13;1-8-7-9(11(13)10(8)12)5-6-14(2,3)4;/h9-12H,3,6-8H2,1-2,4-5H3;8-13H,2,5-7H2,1,3-4H3;1H4/t9-,10+,11+,12?;8-,9+,10?,11-;/m01./s1. The van der Waals surface area contributed by atoms with Crippen LogP contribution in [0.25, 0.3) is 0 Å². The first kappa shape index (κ1) is 30.5. The highest BCUT2D eigenvalue weighted by Gasteiger charge is 2.51. The van der Waals surface area contributed by atoms with Gasteiger partial charge >= 0.3 is 0 Å². The molecule has 2 radical (unpaired) electrons. The third-order valence-electron chi connectivity index (χ3n) is 6.93. The van der Waals surface area contributed by atoms with Crippen molar-refractivity contribution in [1.29, 1.82) is 0 Å². The summed E-state index contributed by atoms with van der Waals surface area (Å²) in [6.07, 6.45) is 14.3. The van der Waals surface area contributed by atoms with E-state index in [0.29, 0.717) is 11.8 Å². The summed E-state index contributed by atoms with van der Waals surface area (Å²) in [7, 11) is 6.16. The largest absolute Gasteiger partial charge is 0.390 e. The summed E-state index contributed by atoms with van der Waals surface area (Å²) >= 11 is 0. The quantitative estimate of drug-likeness (QED) is 0.421. The minimum absolute atomic E-state index is 0. The van der Waals surface area contributed by atoms with E-state index in [1.807, 2.05) is 20.8 Å². The third kappa shape index (κ3) is 8.94. The lowest BCUT2D eigenvalue weighted by molar-refractivity contribution is -0.156. The Kier molecular flexibility index (Phi) is 11.0. The summed E-state index contributed by atoms with van der Waals surface area (Å²) in [5, 5.41) is 19.4. The number of hydrogen-bond acceptors (Lipinski definition) is 4. The van der Waals surface area contributed by atoms with Crippen molar-refractivity contribution in [3.05, 3.63) is 0 Å². The molecule has 0 spiro atoms. The van der Waals surface area contributed by atoms with Gasteiger partial charge in [0.05, 0.1) is 32.3 Å². The van der Waals surface area contributed by atoms with Crippen LogP contribution in [0.2, 0.25) is 5.82 Å². The molecule has 0 amide bonds. The van der Waals surface area contributed by atoms with Crippen molar-refractivity contribution in [2.45, 2.75) is 89.9 Å². The van der Waals surface area contributed by atoms with Gasteiger partial charge in [0.1, 0.15) is 0 Å². The molecular formula is C25H51BO4P2. The maximum atomic E-state index is 9.77. The molecule has 0 aromatic rings. The Balaban J connectivity index is 0.000000316. The van der Waals surface area contributed by atoms with Crippen molar-refractivity contribution < 1.29 is 19.7 Å². The van der Waals surface area contributed by atoms with E-state index in [0.717, 1.165) is 25.4 Å². The van der Waals surface area contributed by atoms with E-state index in [1.165, 1.54) is 12.6 Å². The molecule has 8 atom stereocenters. The zero-order valence-corrected chi connectivity index (χ0v) is 22.7. The topological polar surface area (TPSA) is 58.9 Å². The van der Waals surface area contributed by atoms with E-state index >= 15 is 0 Å². The Hall–Kier alpha value is 0.505. The highest BCUT2D eigenvalue weighted by Crippen LogP contribution is 2.49. The van der Waals surface area contributed by atoms with Gasteiger partial charge in [-0.2, -0.15) is 0 Å². The number of aliphatic hydroxyl groups is 2. The maximum absolute atomic E-state index is 9.77. The average Bonchev–Trinajstić information content (AvgIpc) is 3.16. The van der Waals surface area contributed by atoms with Crippen molar-refractivity contribution in [3.63, 3.8) is 0 Å². The molecule has 3 fully saturated rings. The van der Waals surface area contributed by atoms with Crippen LogP contribution in [0.15, 0.2) is 0 Å². The van der Waals surface area contributed by atoms with Crippen LogP contribution in [-0.4, -0.2) is 99.8 Å². The van der Waals surface area contributed by atoms with E-state index in [4.69, 9.17) is 17.3 Å². The first-order chi connectivity index (χ1) is 14.0. The van der Waals surface area contributed by atoms with Crippen molar-refractivity contribution in [1.82, 2.24) is 0 Å². The minimum atomic E-state index is -0.977. The lowest BCUT2D eigenvalue weighted by Crippen LogP contribution is -2.27. The highest BCUT2D eigenvalue weighted by atomic mass is 31.2. The molecule has 188 valence electrons. The molecular weight excluding hydrogens is 437 g/mol. The van der Waals surface area contributed by atoms with Gasteiger partial charge in [0.25, 0.3) is 0 Å². The fraction of sp³-hybridized carbons (Fsp3) is 0.920. The van der Waals surface area contributed by atoms with Crippen molar-refractivity contribution >= 4 is 34.2 Å². The summed E-state index contributed by atoms with van der Waals surface area (Å²) < 4.78 is 11.9. The lowest BCUT2D eigenvalue weighted by Gasteiger charge is -2.24. The maximum Gasteiger partial charge on any atom is 0.163 e. The van der Waals surface area contributed by atoms with Gasteiger partial charge in [0, 0.05) is 0 Å². The molecule has 2 aliphatic carbocycles. The highest BCUT2D eigenvalue weighted by molar-refractivity contribution is 7.72. The van der Waals surface area contributed by atoms with Crippen LogP contribution in [-0.2, 0) is 9.47 Å². The second-order valence-electron chi connectivity index (χ2n) is 12.1. The molecule has 7 heteroatoms. The van der Waals surface area contributed by atoms with Crippen LogP contribution in [0.1, 0.15) is 53.9 Å². The summed E-state index contributed by atoms with van der Waals surface area (Å²) in [4.78, 5) is 0. The number of fused-ring (bicyclic) bond motifs is 1. The van der Waals surface area contributed by atoms with Crippen LogP contribution in [0.3, 0.4) is 0 Å². The fourth-order valence-electron chi connectivity index (χ4n) is 5.10. The Morgan fingerprint density at radius 2 is 1.34 bits per heavy atom. The molecule has 0 bridgehead atoms. The molecule has 1 saturated heterocycles. The fourth-order valence-corrected chi connectivity index (χ4v) is 7.17. The predicted octanol–water partition coefficient (Wildman–Crippen LogP) is 4.68. The Bertz CT molecular complexity index is 685. The van der Waals surface area contributed by atoms with E-state index in [1.54, 1.807) is 0 Å². The second kappa shape index (κ2) is 11.5. The smallest absolute Gasteiger partial charge is 0.163 e. The van der Waals surface area contributed by atoms with Gasteiger partial charge in [-0.3, -0.25) is 0 Å². The van der Waals surface area contributed by atoms with Crippen LogP contribution in [0.4, 0.5) is 0 Å². The summed E-state index contributed by atoms with van der Waals surface area (Å²) in [5.41, 5.74) is 0. The van der Waals surface area contributed by atoms with Gasteiger partial charge in [-0.25, -0.2) is 0 Å². The Morgan fingerprint density at radius 1 is 0.875 bits per heavy atom. The minimum Gasteiger partial charge on any atom is -0.390 e. The molecule has 1 aliphatic heterocycles. The van der Waals surface area contributed by atoms with Crippen molar-refractivity contribution in [2.75, 3.05) is 39.0 Å².